The molecule has 0 aliphatic rings. The van der Waals surface area contributed by atoms with E-state index in [4.69, 9.17) is 5.73 Å². The second-order valence-electron chi connectivity index (χ2n) is 4.83. The molecule has 0 fully saturated rings. The third kappa shape index (κ3) is 4.33. The van der Waals surface area contributed by atoms with Crippen molar-refractivity contribution in [2.24, 2.45) is 11.1 Å². The maximum atomic E-state index is 5.58. The van der Waals surface area contributed by atoms with Crippen LogP contribution in [0.1, 0.15) is 30.7 Å². The molecule has 3 N–H and O–H groups in total. The lowest BCUT2D eigenvalue weighted by Gasteiger charge is -2.24. The SMILES string of the molecule is Cc1ccsc1CNCC(C)(C)CCN. The molecule has 1 rings (SSSR count). The topological polar surface area (TPSA) is 38.0 Å². The summed E-state index contributed by atoms with van der Waals surface area (Å²) in [5.41, 5.74) is 7.28. The van der Waals surface area contributed by atoms with Crippen LogP contribution >= 0.6 is 11.3 Å². The Balaban J connectivity index is 2.30. The minimum absolute atomic E-state index is 0.305. The van der Waals surface area contributed by atoms with E-state index in [-0.39, 0.29) is 0 Å². The van der Waals surface area contributed by atoms with E-state index in [1.54, 1.807) is 0 Å². The third-order valence-electron chi connectivity index (χ3n) is 2.68. The van der Waals surface area contributed by atoms with Gasteiger partial charge in [-0.25, -0.2) is 0 Å². The van der Waals surface area contributed by atoms with E-state index >= 15 is 0 Å². The van der Waals surface area contributed by atoms with Gasteiger partial charge in [0.05, 0.1) is 0 Å². The van der Waals surface area contributed by atoms with Gasteiger partial charge in [0.1, 0.15) is 0 Å². The molecule has 0 saturated carbocycles. The molecule has 0 aliphatic carbocycles. The zero-order valence-electron chi connectivity index (χ0n) is 9.97. The summed E-state index contributed by atoms with van der Waals surface area (Å²) in [5, 5.41) is 5.66. The van der Waals surface area contributed by atoms with E-state index in [9.17, 15) is 0 Å². The first-order chi connectivity index (χ1) is 7.05. The fourth-order valence-corrected chi connectivity index (χ4v) is 2.45. The molecule has 0 saturated heterocycles. The van der Waals surface area contributed by atoms with Crippen LogP contribution in [-0.2, 0) is 6.54 Å². The van der Waals surface area contributed by atoms with E-state index in [1.807, 2.05) is 11.3 Å². The first-order valence-corrected chi connectivity index (χ1v) is 6.37. The first kappa shape index (κ1) is 12.7. The molecule has 1 aromatic rings. The lowest BCUT2D eigenvalue weighted by molar-refractivity contribution is 0.319. The predicted octanol–water partition coefficient (Wildman–Crippen LogP) is 2.52. The summed E-state index contributed by atoms with van der Waals surface area (Å²) in [5.74, 6) is 0. The van der Waals surface area contributed by atoms with Crippen LogP contribution in [0.2, 0.25) is 0 Å². The highest BCUT2D eigenvalue weighted by Gasteiger charge is 2.15. The molecule has 1 aromatic heterocycles. The van der Waals surface area contributed by atoms with Crippen molar-refractivity contribution in [1.29, 1.82) is 0 Å². The predicted molar refractivity (Wildman–Crippen MR) is 68.2 cm³/mol. The van der Waals surface area contributed by atoms with Crippen molar-refractivity contribution in [3.05, 3.63) is 21.9 Å². The van der Waals surface area contributed by atoms with E-state index < -0.39 is 0 Å². The van der Waals surface area contributed by atoms with Crippen molar-refractivity contribution < 1.29 is 0 Å². The summed E-state index contributed by atoms with van der Waals surface area (Å²) in [6.45, 7) is 9.46. The first-order valence-electron chi connectivity index (χ1n) is 5.49. The maximum absolute atomic E-state index is 5.58. The summed E-state index contributed by atoms with van der Waals surface area (Å²) in [4.78, 5) is 1.44. The molecule has 0 unspecified atom stereocenters. The van der Waals surface area contributed by atoms with Crippen LogP contribution in [0.3, 0.4) is 0 Å². The fourth-order valence-electron chi connectivity index (χ4n) is 1.58. The molecular formula is C12H22N2S. The Hall–Kier alpha value is -0.380. The third-order valence-corrected chi connectivity index (χ3v) is 3.70. The van der Waals surface area contributed by atoms with Gasteiger partial charge in [-0.05, 0) is 42.3 Å². The zero-order chi connectivity index (χ0) is 11.3. The second-order valence-corrected chi connectivity index (χ2v) is 5.83. The number of thiophene rings is 1. The molecule has 0 bridgehead atoms. The van der Waals surface area contributed by atoms with E-state index in [2.05, 4.69) is 37.5 Å². The molecule has 2 nitrogen and oxygen atoms in total. The smallest absolute Gasteiger partial charge is 0.0302 e. The number of nitrogens with one attached hydrogen (secondary N) is 1. The summed E-state index contributed by atoms with van der Waals surface area (Å²) in [6.07, 6.45) is 1.07. The van der Waals surface area contributed by atoms with Gasteiger partial charge in [0.25, 0.3) is 0 Å². The fraction of sp³-hybridized carbons (Fsp3) is 0.667. The highest BCUT2D eigenvalue weighted by Crippen LogP contribution is 2.19. The van der Waals surface area contributed by atoms with Crippen LogP contribution < -0.4 is 11.1 Å². The molecule has 3 heteroatoms. The number of rotatable bonds is 6. The largest absolute Gasteiger partial charge is 0.330 e. The molecule has 1 heterocycles. The van der Waals surface area contributed by atoms with Gasteiger partial charge in [-0.3, -0.25) is 0 Å². The molecule has 0 radical (unpaired) electrons. The standard InChI is InChI=1S/C12H22N2S/c1-10-4-7-15-11(10)8-14-9-12(2,3)5-6-13/h4,7,14H,5-6,8-9,13H2,1-3H3. The Kier molecular flexibility index (Phi) is 4.77. The summed E-state index contributed by atoms with van der Waals surface area (Å²) >= 11 is 1.83. The van der Waals surface area contributed by atoms with Crippen molar-refractivity contribution in [3.8, 4) is 0 Å². The highest BCUT2D eigenvalue weighted by atomic mass is 32.1. The van der Waals surface area contributed by atoms with Gasteiger partial charge in [-0.1, -0.05) is 13.8 Å². The monoisotopic (exact) mass is 226 g/mol. The Labute approximate surface area is 96.9 Å². The van der Waals surface area contributed by atoms with Crippen molar-refractivity contribution >= 4 is 11.3 Å². The van der Waals surface area contributed by atoms with Crippen molar-refractivity contribution in [2.75, 3.05) is 13.1 Å². The van der Waals surface area contributed by atoms with Gasteiger partial charge < -0.3 is 11.1 Å². The molecule has 0 aromatic carbocycles. The molecule has 0 amide bonds. The highest BCUT2D eigenvalue weighted by molar-refractivity contribution is 7.10. The van der Waals surface area contributed by atoms with Crippen LogP contribution in [0.4, 0.5) is 0 Å². The van der Waals surface area contributed by atoms with E-state index in [1.165, 1.54) is 10.4 Å². The Bertz CT molecular complexity index is 292. The van der Waals surface area contributed by atoms with Crippen molar-refractivity contribution in [1.82, 2.24) is 5.32 Å². The summed E-state index contributed by atoms with van der Waals surface area (Å²) in [6, 6.07) is 2.17. The minimum atomic E-state index is 0.305. The van der Waals surface area contributed by atoms with Gasteiger partial charge in [0, 0.05) is 18.0 Å². The maximum Gasteiger partial charge on any atom is 0.0302 e. The number of hydrogen-bond acceptors (Lipinski definition) is 3. The Morgan fingerprint density at radius 2 is 2.20 bits per heavy atom. The minimum Gasteiger partial charge on any atom is -0.330 e. The summed E-state index contributed by atoms with van der Waals surface area (Å²) < 4.78 is 0. The lowest BCUT2D eigenvalue weighted by atomic mass is 9.89. The molecule has 15 heavy (non-hydrogen) atoms. The Morgan fingerprint density at radius 1 is 1.47 bits per heavy atom. The van der Waals surface area contributed by atoms with Gasteiger partial charge >= 0.3 is 0 Å². The normalized spacial score (nSPS) is 12.0. The van der Waals surface area contributed by atoms with Crippen molar-refractivity contribution in [2.45, 2.75) is 33.7 Å². The average molecular weight is 226 g/mol. The molecule has 86 valence electrons. The van der Waals surface area contributed by atoms with E-state index in [0.29, 0.717) is 5.41 Å². The van der Waals surface area contributed by atoms with Crippen LogP contribution in [0.5, 0.6) is 0 Å². The number of nitrogens with two attached hydrogens (primary N) is 1. The van der Waals surface area contributed by atoms with E-state index in [0.717, 1.165) is 26.1 Å². The Morgan fingerprint density at radius 3 is 2.73 bits per heavy atom. The van der Waals surface area contributed by atoms with Crippen LogP contribution in [0.15, 0.2) is 11.4 Å². The average Bonchev–Trinajstić information content (AvgIpc) is 2.51. The van der Waals surface area contributed by atoms with Crippen LogP contribution in [-0.4, -0.2) is 13.1 Å². The van der Waals surface area contributed by atoms with Crippen molar-refractivity contribution in [3.63, 3.8) is 0 Å². The molecule has 0 atom stereocenters. The van der Waals surface area contributed by atoms with Gasteiger partial charge in [0.2, 0.25) is 0 Å². The zero-order valence-corrected chi connectivity index (χ0v) is 10.8. The quantitative estimate of drug-likeness (QED) is 0.782. The molecule has 0 aliphatic heterocycles. The molecule has 0 spiro atoms. The van der Waals surface area contributed by atoms with Gasteiger partial charge in [-0.2, -0.15) is 0 Å². The number of hydrogen-bond donors (Lipinski definition) is 2. The van der Waals surface area contributed by atoms with Crippen LogP contribution in [0.25, 0.3) is 0 Å². The molecular weight excluding hydrogens is 204 g/mol. The van der Waals surface area contributed by atoms with Crippen LogP contribution in [0, 0.1) is 12.3 Å². The lowest BCUT2D eigenvalue weighted by Crippen LogP contribution is -2.30. The van der Waals surface area contributed by atoms with Gasteiger partial charge in [0.15, 0.2) is 0 Å². The second kappa shape index (κ2) is 5.64. The summed E-state index contributed by atoms with van der Waals surface area (Å²) in [7, 11) is 0. The van der Waals surface area contributed by atoms with Gasteiger partial charge in [-0.15, -0.1) is 11.3 Å². The number of aryl methyl sites for hydroxylation is 1.